The smallest absolute Gasteiger partial charge is 0.191 e. The number of guanidine groups is 1. The van der Waals surface area contributed by atoms with Crippen molar-refractivity contribution in [3.8, 4) is 0 Å². The van der Waals surface area contributed by atoms with Crippen LogP contribution in [-0.4, -0.2) is 58.7 Å². The molecule has 3 aromatic rings. The fourth-order valence-corrected chi connectivity index (χ4v) is 3.87. The molecule has 0 bridgehead atoms. The first kappa shape index (κ1) is 19.4. The standard InChI is InChI=1S/C21H29N7O/c1-22-21(23-11-6-10-20-26-25-19-9-2-3-14-28(19)20)24-16-17(18-8-7-15-29-18)27-12-4-5-13-27/h2-3,7-9,14-15,17H,4-6,10-13,16H2,1H3,(H2,22,23,24). The number of aliphatic imine (C=N–C) groups is 1. The second kappa shape index (κ2) is 9.56. The maximum Gasteiger partial charge on any atom is 0.191 e. The van der Waals surface area contributed by atoms with Crippen LogP contribution in [0, 0.1) is 0 Å². The van der Waals surface area contributed by atoms with E-state index in [1.807, 2.05) is 34.9 Å². The Morgan fingerprint density at radius 1 is 1.17 bits per heavy atom. The van der Waals surface area contributed by atoms with Crippen molar-refractivity contribution in [2.75, 3.05) is 33.2 Å². The second-order valence-electron chi connectivity index (χ2n) is 7.30. The molecule has 4 heterocycles. The zero-order chi connectivity index (χ0) is 19.9. The summed E-state index contributed by atoms with van der Waals surface area (Å²) in [6, 6.07) is 10.2. The van der Waals surface area contributed by atoms with Crippen LogP contribution in [0.2, 0.25) is 0 Å². The molecule has 2 N–H and O–H groups in total. The number of hydrogen-bond donors (Lipinski definition) is 2. The van der Waals surface area contributed by atoms with Crippen molar-refractivity contribution >= 4 is 11.6 Å². The number of likely N-dealkylation sites (tertiary alicyclic amines) is 1. The van der Waals surface area contributed by atoms with E-state index in [4.69, 9.17) is 4.42 Å². The molecule has 0 aromatic carbocycles. The van der Waals surface area contributed by atoms with Crippen LogP contribution >= 0.6 is 0 Å². The number of nitrogens with zero attached hydrogens (tertiary/aromatic N) is 5. The lowest BCUT2D eigenvalue weighted by Gasteiger charge is -2.26. The summed E-state index contributed by atoms with van der Waals surface area (Å²) >= 11 is 0. The van der Waals surface area contributed by atoms with Crippen molar-refractivity contribution in [2.24, 2.45) is 4.99 Å². The summed E-state index contributed by atoms with van der Waals surface area (Å²) in [6.45, 7) is 3.81. The number of pyridine rings is 1. The molecule has 0 radical (unpaired) electrons. The van der Waals surface area contributed by atoms with Gasteiger partial charge < -0.3 is 15.1 Å². The zero-order valence-corrected chi connectivity index (χ0v) is 16.9. The molecule has 0 saturated carbocycles. The quantitative estimate of drug-likeness (QED) is 0.346. The molecular formula is C21H29N7O. The van der Waals surface area contributed by atoms with Gasteiger partial charge in [-0.1, -0.05) is 6.07 Å². The molecule has 0 aliphatic carbocycles. The van der Waals surface area contributed by atoms with Gasteiger partial charge in [0.2, 0.25) is 0 Å². The third-order valence-electron chi connectivity index (χ3n) is 5.39. The van der Waals surface area contributed by atoms with Gasteiger partial charge in [-0.25, -0.2) is 0 Å². The van der Waals surface area contributed by atoms with Crippen LogP contribution in [0.4, 0.5) is 0 Å². The third kappa shape index (κ3) is 4.76. The van der Waals surface area contributed by atoms with Crippen LogP contribution in [0.5, 0.6) is 0 Å². The summed E-state index contributed by atoms with van der Waals surface area (Å²) in [5.74, 6) is 2.80. The average molecular weight is 396 g/mol. The molecule has 3 aromatic heterocycles. The minimum absolute atomic E-state index is 0.230. The lowest BCUT2D eigenvalue weighted by atomic mass is 10.2. The molecule has 8 nitrogen and oxygen atoms in total. The zero-order valence-electron chi connectivity index (χ0n) is 16.9. The van der Waals surface area contributed by atoms with Crippen molar-refractivity contribution in [1.29, 1.82) is 0 Å². The van der Waals surface area contributed by atoms with Crippen LogP contribution in [0.3, 0.4) is 0 Å². The van der Waals surface area contributed by atoms with Gasteiger partial charge in [0, 0.05) is 32.8 Å². The van der Waals surface area contributed by atoms with Gasteiger partial charge in [-0.2, -0.15) is 0 Å². The van der Waals surface area contributed by atoms with E-state index in [1.54, 1.807) is 13.3 Å². The molecule has 1 unspecified atom stereocenters. The van der Waals surface area contributed by atoms with Crippen molar-refractivity contribution < 1.29 is 4.42 Å². The number of aromatic nitrogens is 3. The Morgan fingerprint density at radius 3 is 2.86 bits per heavy atom. The highest BCUT2D eigenvalue weighted by Crippen LogP contribution is 2.24. The van der Waals surface area contributed by atoms with Crippen LogP contribution < -0.4 is 10.6 Å². The van der Waals surface area contributed by atoms with E-state index in [-0.39, 0.29) is 6.04 Å². The normalized spacial score (nSPS) is 16.4. The van der Waals surface area contributed by atoms with Gasteiger partial charge in [0.15, 0.2) is 11.6 Å². The number of aryl methyl sites for hydroxylation is 1. The fraction of sp³-hybridized carbons (Fsp3) is 0.476. The Kier molecular flexibility index (Phi) is 6.41. The van der Waals surface area contributed by atoms with Crippen LogP contribution in [0.15, 0.2) is 52.2 Å². The summed E-state index contributed by atoms with van der Waals surface area (Å²) in [6.07, 6.45) is 8.07. The molecule has 1 fully saturated rings. The molecule has 29 heavy (non-hydrogen) atoms. The lowest BCUT2D eigenvalue weighted by molar-refractivity contribution is 0.215. The van der Waals surface area contributed by atoms with E-state index < -0.39 is 0 Å². The summed E-state index contributed by atoms with van der Waals surface area (Å²) in [4.78, 5) is 6.85. The maximum absolute atomic E-state index is 5.69. The Labute approximate surface area is 171 Å². The van der Waals surface area contributed by atoms with Crippen molar-refractivity contribution in [3.63, 3.8) is 0 Å². The summed E-state index contributed by atoms with van der Waals surface area (Å²) < 4.78 is 7.73. The molecule has 1 aliphatic heterocycles. The fourth-order valence-electron chi connectivity index (χ4n) is 3.87. The lowest BCUT2D eigenvalue weighted by Crippen LogP contribution is -2.43. The highest BCUT2D eigenvalue weighted by molar-refractivity contribution is 5.79. The topological polar surface area (TPSA) is 83.0 Å². The van der Waals surface area contributed by atoms with Gasteiger partial charge in [0.1, 0.15) is 11.6 Å². The molecule has 154 valence electrons. The Morgan fingerprint density at radius 2 is 2.07 bits per heavy atom. The van der Waals surface area contributed by atoms with Gasteiger partial charge >= 0.3 is 0 Å². The van der Waals surface area contributed by atoms with Gasteiger partial charge in [0.05, 0.1) is 12.3 Å². The van der Waals surface area contributed by atoms with E-state index >= 15 is 0 Å². The summed E-state index contributed by atoms with van der Waals surface area (Å²) in [7, 11) is 1.80. The Hall–Kier alpha value is -2.87. The minimum Gasteiger partial charge on any atom is -0.468 e. The van der Waals surface area contributed by atoms with Crippen molar-refractivity contribution in [2.45, 2.75) is 31.7 Å². The number of nitrogens with one attached hydrogen (secondary N) is 2. The molecule has 1 saturated heterocycles. The molecule has 8 heteroatoms. The van der Waals surface area contributed by atoms with Gasteiger partial charge in [-0.3, -0.25) is 14.3 Å². The highest BCUT2D eigenvalue weighted by atomic mass is 16.3. The van der Waals surface area contributed by atoms with Crippen molar-refractivity contribution in [1.82, 2.24) is 30.1 Å². The molecule has 4 rings (SSSR count). The number of furan rings is 1. The minimum atomic E-state index is 0.230. The second-order valence-corrected chi connectivity index (χ2v) is 7.30. The van der Waals surface area contributed by atoms with E-state index in [0.717, 1.165) is 62.2 Å². The summed E-state index contributed by atoms with van der Waals surface area (Å²) in [5, 5.41) is 15.4. The van der Waals surface area contributed by atoms with E-state index in [0.29, 0.717) is 0 Å². The first-order chi connectivity index (χ1) is 14.3. The van der Waals surface area contributed by atoms with Gasteiger partial charge in [-0.15, -0.1) is 10.2 Å². The largest absolute Gasteiger partial charge is 0.468 e. The molecular weight excluding hydrogens is 366 g/mol. The first-order valence-electron chi connectivity index (χ1n) is 10.4. The van der Waals surface area contributed by atoms with Crippen molar-refractivity contribution in [3.05, 3.63) is 54.4 Å². The molecule has 1 aliphatic rings. The number of hydrogen-bond acceptors (Lipinski definition) is 5. The van der Waals surface area contributed by atoms with Gasteiger partial charge in [0.25, 0.3) is 0 Å². The first-order valence-corrected chi connectivity index (χ1v) is 10.4. The predicted molar refractivity (Wildman–Crippen MR) is 113 cm³/mol. The van der Waals surface area contributed by atoms with Crippen LogP contribution in [-0.2, 0) is 6.42 Å². The molecule has 0 spiro atoms. The van der Waals surface area contributed by atoms with E-state index in [9.17, 15) is 0 Å². The Balaban J connectivity index is 1.26. The number of rotatable bonds is 8. The predicted octanol–water partition coefficient (Wildman–Crippen LogP) is 2.26. The highest BCUT2D eigenvalue weighted by Gasteiger charge is 2.25. The maximum atomic E-state index is 5.69. The molecule has 0 amide bonds. The van der Waals surface area contributed by atoms with Crippen LogP contribution in [0.1, 0.15) is 36.9 Å². The Bertz CT molecular complexity index is 912. The van der Waals surface area contributed by atoms with E-state index in [1.165, 1.54) is 12.8 Å². The molecule has 1 atom stereocenters. The average Bonchev–Trinajstić information content (AvgIpc) is 3.52. The monoisotopic (exact) mass is 395 g/mol. The number of fused-ring (bicyclic) bond motifs is 1. The summed E-state index contributed by atoms with van der Waals surface area (Å²) in [5.41, 5.74) is 0.888. The van der Waals surface area contributed by atoms with E-state index in [2.05, 4.69) is 36.8 Å². The SMILES string of the molecule is CN=C(NCCCc1nnc2ccccn12)NCC(c1ccco1)N1CCCC1. The van der Waals surface area contributed by atoms with Crippen LogP contribution in [0.25, 0.3) is 5.65 Å². The van der Waals surface area contributed by atoms with Gasteiger partial charge in [-0.05, 0) is 56.6 Å². The third-order valence-corrected chi connectivity index (χ3v) is 5.39.